The van der Waals surface area contributed by atoms with Crippen molar-refractivity contribution in [1.82, 2.24) is 0 Å². The standard InChI is InChI=1S/C37H35N3O8S2.Na/c1-3-38(25-27-8-5-12-35(22-27)49(43,44)45)32-18-14-29(15-19-32)37(31-10-7-11-34(24-31)40(41)42)30-16-20-33(21-17-30)39(4-2)26-28-9-6-13-36(23-28)50(46,47)48;/h5-24H,3-4,25-26H2,1-2H3,(H-,43,44,45,46,47,48);/q;+1. The van der Waals surface area contributed by atoms with Gasteiger partial charge in [0, 0.05) is 48.6 Å². The molecule has 1 aliphatic rings. The Bertz CT molecular complexity index is 2260. The summed E-state index contributed by atoms with van der Waals surface area (Å²) in [6.07, 6.45) is 7.74. The number of nitrogens with zero attached hydrogens (tertiary/aromatic N) is 3. The Labute approximate surface area is 319 Å². The van der Waals surface area contributed by atoms with Gasteiger partial charge in [-0.25, -0.2) is 13.0 Å². The molecule has 0 unspecified atom stereocenters. The Kier molecular flexibility index (Phi) is 13.1. The van der Waals surface area contributed by atoms with Crippen molar-refractivity contribution < 1.29 is 65.0 Å². The summed E-state index contributed by atoms with van der Waals surface area (Å²) in [6, 6.07) is 26.3. The third-order valence-electron chi connectivity index (χ3n) is 8.28. The van der Waals surface area contributed by atoms with Crippen LogP contribution in [0.25, 0.3) is 5.57 Å². The minimum Gasteiger partial charge on any atom is -0.744 e. The average molecular weight is 737 g/mol. The van der Waals surface area contributed by atoms with E-state index in [-0.39, 0.29) is 45.0 Å². The molecule has 1 N–H and O–H groups in total. The van der Waals surface area contributed by atoms with E-state index in [0.717, 1.165) is 28.1 Å². The Morgan fingerprint density at radius 2 is 1.37 bits per heavy atom. The molecule has 0 heterocycles. The van der Waals surface area contributed by atoms with Crippen LogP contribution in [-0.4, -0.2) is 54.2 Å². The van der Waals surface area contributed by atoms with E-state index in [0.29, 0.717) is 42.9 Å². The largest absolute Gasteiger partial charge is 1.00 e. The number of benzene rings is 4. The van der Waals surface area contributed by atoms with Gasteiger partial charge in [0.05, 0.1) is 14.7 Å². The molecule has 1 aliphatic carbocycles. The molecule has 4 aromatic rings. The Morgan fingerprint density at radius 3 is 1.96 bits per heavy atom. The number of allylic oxidation sites excluding steroid dienone is 5. The molecule has 0 spiro atoms. The van der Waals surface area contributed by atoms with Crippen molar-refractivity contribution >= 4 is 42.9 Å². The van der Waals surface area contributed by atoms with E-state index in [9.17, 15) is 36.1 Å². The van der Waals surface area contributed by atoms with Crippen molar-refractivity contribution in [3.63, 3.8) is 0 Å². The summed E-state index contributed by atoms with van der Waals surface area (Å²) in [6.45, 7) is 5.93. The van der Waals surface area contributed by atoms with Crippen LogP contribution < -0.4 is 34.5 Å². The minimum atomic E-state index is -4.58. The summed E-state index contributed by atoms with van der Waals surface area (Å²) >= 11 is 0. The predicted molar refractivity (Wildman–Crippen MR) is 191 cm³/mol. The first kappa shape index (κ1) is 39.6. The molecule has 0 saturated heterocycles. The molecule has 14 heteroatoms. The van der Waals surface area contributed by atoms with Crippen LogP contribution in [-0.2, 0) is 33.3 Å². The maximum atomic E-state index is 11.7. The van der Waals surface area contributed by atoms with Gasteiger partial charge in [0.15, 0.2) is 12.3 Å². The first-order chi connectivity index (χ1) is 23.8. The summed E-state index contributed by atoms with van der Waals surface area (Å²) < 4.78 is 69.5. The zero-order valence-electron chi connectivity index (χ0n) is 28.3. The quantitative estimate of drug-likeness (QED) is 0.0756. The average Bonchev–Trinajstić information content (AvgIpc) is 3.10. The van der Waals surface area contributed by atoms with Crippen molar-refractivity contribution in [3.8, 4) is 0 Å². The summed E-state index contributed by atoms with van der Waals surface area (Å²) in [5.74, 6) is 0. The van der Waals surface area contributed by atoms with Crippen LogP contribution in [0.1, 0.15) is 36.1 Å². The van der Waals surface area contributed by atoms with Crippen molar-refractivity contribution in [2.75, 3.05) is 18.0 Å². The molecule has 0 radical (unpaired) electrons. The second-order valence-corrected chi connectivity index (χ2v) is 14.3. The van der Waals surface area contributed by atoms with Gasteiger partial charge in [-0.05, 0) is 90.2 Å². The van der Waals surface area contributed by atoms with Crippen LogP contribution in [0.15, 0.2) is 137 Å². The minimum absolute atomic E-state index is 0. The number of rotatable bonds is 12. The van der Waals surface area contributed by atoms with Crippen LogP contribution in [0.5, 0.6) is 0 Å². The van der Waals surface area contributed by atoms with Gasteiger partial charge < -0.3 is 9.45 Å². The molecule has 11 nitrogen and oxygen atoms in total. The summed E-state index contributed by atoms with van der Waals surface area (Å²) in [4.78, 5) is 12.8. The topological polar surface area (TPSA) is 161 Å². The van der Waals surface area contributed by atoms with Gasteiger partial charge in [0.25, 0.3) is 15.8 Å². The summed E-state index contributed by atoms with van der Waals surface area (Å²) in [7, 11) is -8.92. The number of anilines is 1. The molecular formula is C37H35N3NaO8S2+. The third kappa shape index (κ3) is 9.98. The van der Waals surface area contributed by atoms with E-state index < -0.39 is 25.2 Å². The summed E-state index contributed by atoms with van der Waals surface area (Å²) in [5, 5.41) is 11.7. The molecule has 0 amide bonds. The molecule has 0 bridgehead atoms. The van der Waals surface area contributed by atoms with E-state index in [2.05, 4.69) is 4.58 Å². The van der Waals surface area contributed by atoms with Gasteiger partial charge in [-0.3, -0.25) is 14.7 Å². The molecule has 5 rings (SSSR count). The molecular weight excluding hydrogens is 702 g/mol. The fraction of sp³-hybridized carbons (Fsp3) is 0.162. The van der Waals surface area contributed by atoms with Crippen molar-refractivity contribution in [1.29, 1.82) is 0 Å². The van der Waals surface area contributed by atoms with E-state index in [1.807, 2.05) is 73.4 Å². The van der Waals surface area contributed by atoms with E-state index >= 15 is 0 Å². The Balaban J connectivity index is 0.00000583. The fourth-order valence-electron chi connectivity index (χ4n) is 5.77. The van der Waals surface area contributed by atoms with Gasteiger partial charge in [0.1, 0.15) is 16.7 Å². The molecule has 0 atom stereocenters. The van der Waals surface area contributed by atoms with Gasteiger partial charge in [-0.2, -0.15) is 8.42 Å². The Hall–Kier alpha value is -4.21. The smallest absolute Gasteiger partial charge is 0.744 e. The second kappa shape index (κ2) is 16.9. The molecule has 0 fully saturated rings. The zero-order valence-corrected chi connectivity index (χ0v) is 32.0. The molecule has 0 saturated carbocycles. The van der Waals surface area contributed by atoms with Gasteiger partial charge in [0.2, 0.25) is 0 Å². The maximum Gasteiger partial charge on any atom is 1.00 e. The first-order valence-electron chi connectivity index (χ1n) is 15.7. The van der Waals surface area contributed by atoms with Crippen LogP contribution in [0, 0.1) is 10.1 Å². The first-order valence-corrected chi connectivity index (χ1v) is 18.6. The van der Waals surface area contributed by atoms with E-state index in [4.69, 9.17) is 0 Å². The van der Waals surface area contributed by atoms with Crippen LogP contribution in [0.4, 0.5) is 11.4 Å². The normalized spacial score (nSPS) is 12.7. The number of non-ortho nitro benzene ring substituents is 1. The molecule has 51 heavy (non-hydrogen) atoms. The maximum absolute atomic E-state index is 11.7. The van der Waals surface area contributed by atoms with Gasteiger partial charge in [-0.1, -0.05) is 48.5 Å². The van der Waals surface area contributed by atoms with Crippen LogP contribution in [0.3, 0.4) is 0 Å². The molecule has 4 aromatic carbocycles. The number of hydrogen-bond donors (Lipinski definition) is 1. The number of hydrogen-bond acceptors (Lipinski definition) is 8. The molecule has 258 valence electrons. The molecule has 0 aliphatic heterocycles. The predicted octanol–water partition coefficient (Wildman–Crippen LogP) is 3.38. The third-order valence-corrected chi connectivity index (χ3v) is 9.96. The Morgan fingerprint density at radius 1 is 0.765 bits per heavy atom. The van der Waals surface area contributed by atoms with Crippen molar-refractivity contribution in [2.45, 2.75) is 36.7 Å². The van der Waals surface area contributed by atoms with Gasteiger partial charge in [-0.15, -0.1) is 0 Å². The monoisotopic (exact) mass is 736 g/mol. The van der Waals surface area contributed by atoms with E-state index in [1.54, 1.807) is 30.3 Å². The number of nitro groups is 1. The second-order valence-electron chi connectivity index (χ2n) is 11.5. The zero-order chi connectivity index (χ0) is 36.1. The van der Waals surface area contributed by atoms with E-state index in [1.165, 1.54) is 36.4 Å². The SMILES string of the molecule is CCN(Cc1cccc(S(=O)(=O)[O-])c1)c1ccc(C(=C2C=CC(=[N+](CC)Cc3cccc(S(=O)(=O)O)c3)C=C2)c2cccc([N+](=O)[O-])c2)cc1.[Na+]. The summed E-state index contributed by atoms with van der Waals surface area (Å²) in [5.41, 5.74) is 6.11. The van der Waals surface area contributed by atoms with Gasteiger partial charge >= 0.3 is 29.6 Å². The van der Waals surface area contributed by atoms with Crippen molar-refractivity contribution in [2.24, 2.45) is 0 Å². The number of nitro benzene ring substituents is 1. The van der Waals surface area contributed by atoms with Crippen LogP contribution in [0.2, 0.25) is 0 Å². The van der Waals surface area contributed by atoms with Crippen molar-refractivity contribution in [3.05, 3.63) is 159 Å². The molecule has 0 aromatic heterocycles. The van der Waals surface area contributed by atoms with Crippen LogP contribution >= 0.6 is 0 Å². The fourth-order valence-corrected chi connectivity index (χ4v) is 6.86.